The maximum Gasteiger partial charge on any atom is 0.256 e. The van der Waals surface area contributed by atoms with Gasteiger partial charge in [-0.1, -0.05) is 56.7 Å². The summed E-state index contributed by atoms with van der Waals surface area (Å²) in [5.41, 5.74) is 0.864. The predicted octanol–water partition coefficient (Wildman–Crippen LogP) is 4.39. The standard InChI is InChI=1S/C23H31N3O2/c1-26(21(27)19-16-24-20-13-7-6-12-18(19)20)23(14-8-3-9-15-23)22(28)25-17-10-4-2-5-11-17/h6-7,12-13,16-17,24H,2-5,8-11,14-15H2,1H3,(H,25,28). The van der Waals surface area contributed by atoms with Crippen LogP contribution in [0.4, 0.5) is 0 Å². The lowest BCUT2D eigenvalue weighted by molar-refractivity contribution is -0.134. The van der Waals surface area contributed by atoms with Crippen LogP contribution in [-0.4, -0.2) is 40.3 Å². The fourth-order valence-corrected chi connectivity index (χ4v) is 5.04. The van der Waals surface area contributed by atoms with Gasteiger partial charge in [-0.2, -0.15) is 0 Å². The lowest BCUT2D eigenvalue weighted by Crippen LogP contribution is -2.61. The number of aromatic nitrogens is 1. The van der Waals surface area contributed by atoms with Gasteiger partial charge in [0.15, 0.2) is 0 Å². The van der Waals surface area contributed by atoms with Gasteiger partial charge in [0.2, 0.25) is 5.91 Å². The van der Waals surface area contributed by atoms with Crippen molar-refractivity contribution in [2.75, 3.05) is 7.05 Å². The topological polar surface area (TPSA) is 65.2 Å². The molecule has 4 rings (SSSR count). The maximum atomic E-state index is 13.5. The van der Waals surface area contributed by atoms with Gasteiger partial charge in [-0.3, -0.25) is 9.59 Å². The number of hydrogen-bond acceptors (Lipinski definition) is 2. The van der Waals surface area contributed by atoms with E-state index >= 15 is 0 Å². The number of H-pyrrole nitrogens is 1. The number of carbonyl (C=O) groups excluding carboxylic acids is 2. The average molecular weight is 382 g/mol. The molecule has 0 spiro atoms. The Morgan fingerprint density at radius 2 is 1.71 bits per heavy atom. The number of hydrogen-bond donors (Lipinski definition) is 2. The Balaban J connectivity index is 1.60. The second kappa shape index (κ2) is 7.98. The third kappa shape index (κ3) is 3.43. The number of fused-ring (bicyclic) bond motifs is 1. The summed E-state index contributed by atoms with van der Waals surface area (Å²) < 4.78 is 0. The first-order valence-corrected chi connectivity index (χ1v) is 10.8. The van der Waals surface area contributed by atoms with Crippen LogP contribution in [0.3, 0.4) is 0 Å². The fraction of sp³-hybridized carbons (Fsp3) is 0.565. The highest BCUT2D eigenvalue weighted by Gasteiger charge is 2.46. The Morgan fingerprint density at radius 3 is 2.46 bits per heavy atom. The largest absolute Gasteiger partial charge is 0.360 e. The van der Waals surface area contributed by atoms with E-state index in [1.54, 1.807) is 11.1 Å². The summed E-state index contributed by atoms with van der Waals surface area (Å²) in [4.78, 5) is 31.8. The number of amides is 2. The van der Waals surface area contributed by atoms with E-state index in [9.17, 15) is 9.59 Å². The molecule has 0 bridgehead atoms. The molecule has 1 heterocycles. The molecule has 1 aromatic heterocycles. The van der Waals surface area contributed by atoms with Crippen LogP contribution in [0.15, 0.2) is 30.5 Å². The maximum absolute atomic E-state index is 13.5. The van der Waals surface area contributed by atoms with E-state index in [1.807, 2.05) is 31.3 Å². The Morgan fingerprint density at radius 1 is 1.04 bits per heavy atom. The van der Waals surface area contributed by atoms with Crippen molar-refractivity contribution in [3.8, 4) is 0 Å². The Kier molecular flexibility index (Phi) is 5.42. The summed E-state index contributed by atoms with van der Waals surface area (Å²) in [7, 11) is 1.82. The van der Waals surface area contributed by atoms with Crippen LogP contribution in [0.2, 0.25) is 0 Å². The van der Waals surface area contributed by atoms with E-state index in [0.29, 0.717) is 5.56 Å². The van der Waals surface area contributed by atoms with E-state index in [-0.39, 0.29) is 17.9 Å². The molecule has 2 aliphatic carbocycles. The molecule has 0 atom stereocenters. The van der Waals surface area contributed by atoms with E-state index in [2.05, 4.69) is 10.3 Å². The monoisotopic (exact) mass is 381 g/mol. The van der Waals surface area contributed by atoms with Crippen LogP contribution in [0.5, 0.6) is 0 Å². The van der Waals surface area contributed by atoms with Crippen molar-refractivity contribution in [1.29, 1.82) is 0 Å². The summed E-state index contributed by atoms with van der Waals surface area (Å²) >= 11 is 0. The normalized spacial score (nSPS) is 20.0. The number of nitrogens with zero attached hydrogens (tertiary/aromatic N) is 1. The summed E-state index contributed by atoms with van der Waals surface area (Å²) in [6, 6.07) is 8.09. The van der Waals surface area contributed by atoms with Crippen LogP contribution in [0.1, 0.15) is 74.6 Å². The van der Waals surface area contributed by atoms with Crippen LogP contribution in [-0.2, 0) is 4.79 Å². The number of para-hydroxylation sites is 1. The molecule has 150 valence electrons. The van der Waals surface area contributed by atoms with E-state index < -0.39 is 5.54 Å². The van der Waals surface area contributed by atoms with Gasteiger partial charge in [0, 0.05) is 30.2 Å². The molecule has 28 heavy (non-hydrogen) atoms. The number of rotatable bonds is 4. The minimum atomic E-state index is -0.731. The first-order valence-electron chi connectivity index (χ1n) is 10.8. The van der Waals surface area contributed by atoms with Gasteiger partial charge in [0.1, 0.15) is 5.54 Å². The molecule has 2 amide bonds. The number of aromatic amines is 1. The predicted molar refractivity (Wildman–Crippen MR) is 111 cm³/mol. The highest BCUT2D eigenvalue weighted by molar-refractivity contribution is 6.08. The third-order valence-electron chi connectivity index (χ3n) is 6.81. The molecular weight excluding hydrogens is 350 g/mol. The first-order chi connectivity index (χ1) is 13.6. The highest BCUT2D eigenvalue weighted by atomic mass is 16.2. The number of likely N-dealkylation sites (N-methyl/N-ethyl adjacent to an activating group) is 1. The van der Waals surface area contributed by atoms with Crippen molar-refractivity contribution in [2.24, 2.45) is 0 Å². The first kappa shape index (κ1) is 19.0. The molecular formula is C23H31N3O2. The Labute approximate surface area is 166 Å². The van der Waals surface area contributed by atoms with Gasteiger partial charge in [-0.05, 0) is 31.7 Å². The molecule has 5 heteroatoms. The molecule has 5 nitrogen and oxygen atoms in total. The minimum absolute atomic E-state index is 0.0507. The lowest BCUT2D eigenvalue weighted by Gasteiger charge is -2.44. The molecule has 2 aliphatic rings. The zero-order valence-electron chi connectivity index (χ0n) is 16.8. The quantitative estimate of drug-likeness (QED) is 0.825. The summed E-state index contributed by atoms with van der Waals surface area (Å²) in [5.74, 6) is -0.0204. The molecule has 2 saturated carbocycles. The number of carbonyl (C=O) groups is 2. The van der Waals surface area contributed by atoms with E-state index in [4.69, 9.17) is 0 Å². The average Bonchev–Trinajstić information content (AvgIpc) is 3.18. The van der Waals surface area contributed by atoms with E-state index in [1.165, 1.54) is 19.3 Å². The van der Waals surface area contributed by atoms with Crippen LogP contribution < -0.4 is 5.32 Å². The Hall–Kier alpha value is -2.30. The summed E-state index contributed by atoms with van der Waals surface area (Å²) in [5, 5.41) is 4.22. The van der Waals surface area contributed by atoms with Gasteiger partial charge in [-0.25, -0.2) is 0 Å². The second-order valence-electron chi connectivity index (χ2n) is 8.51. The smallest absolute Gasteiger partial charge is 0.256 e. The minimum Gasteiger partial charge on any atom is -0.360 e. The SMILES string of the molecule is CN(C(=O)c1c[nH]c2ccccc12)C1(C(=O)NC2CCCCC2)CCCCC1. The van der Waals surface area contributed by atoms with Gasteiger partial charge in [0.05, 0.1) is 5.56 Å². The molecule has 2 aromatic rings. The molecule has 0 unspecified atom stereocenters. The van der Waals surface area contributed by atoms with Crippen LogP contribution in [0.25, 0.3) is 10.9 Å². The van der Waals surface area contributed by atoms with Crippen LogP contribution >= 0.6 is 0 Å². The summed E-state index contributed by atoms with van der Waals surface area (Å²) in [6.45, 7) is 0. The van der Waals surface area contributed by atoms with Crippen molar-refractivity contribution in [3.05, 3.63) is 36.0 Å². The van der Waals surface area contributed by atoms with Crippen molar-refractivity contribution >= 4 is 22.7 Å². The second-order valence-corrected chi connectivity index (χ2v) is 8.51. The molecule has 2 fully saturated rings. The van der Waals surface area contributed by atoms with Gasteiger partial charge in [-0.15, -0.1) is 0 Å². The molecule has 0 aliphatic heterocycles. The number of benzene rings is 1. The molecule has 0 radical (unpaired) electrons. The summed E-state index contributed by atoms with van der Waals surface area (Å²) in [6.07, 6.45) is 12.1. The van der Waals surface area contributed by atoms with Crippen LogP contribution in [0, 0.1) is 0 Å². The highest BCUT2D eigenvalue weighted by Crippen LogP contribution is 2.35. The van der Waals surface area contributed by atoms with E-state index in [0.717, 1.165) is 55.8 Å². The van der Waals surface area contributed by atoms with Gasteiger partial charge < -0.3 is 15.2 Å². The molecule has 1 aromatic carbocycles. The number of nitrogens with one attached hydrogen (secondary N) is 2. The zero-order chi connectivity index (χ0) is 19.6. The van der Waals surface area contributed by atoms with Crippen molar-refractivity contribution in [1.82, 2.24) is 15.2 Å². The lowest BCUT2D eigenvalue weighted by atomic mass is 9.78. The van der Waals surface area contributed by atoms with Crippen molar-refractivity contribution < 1.29 is 9.59 Å². The van der Waals surface area contributed by atoms with Crippen molar-refractivity contribution in [3.63, 3.8) is 0 Å². The zero-order valence-corrected chi connectivity index (χ0v) is 16.8. The van der Waals surface area contributed by atoms with Crippen molar-refractivity contribution in [2.45, 2.75) is 75.8 Å². The molecule has 0 saturated heterocycles. The third-order valence-corrected chi connectivity index (χ3v) is 6.81. The Bertz CT molecular complexity index is 844. The van der Waals surface area contributed by atoms with Gasteiger partial charge in [0.25, 0.3) is 5.91 Å². The molecule has 2 N–H and O–H groups in total. The fourth-order valence-electron chi connectivity index (χ4n) is 5.04. The van der Waals surface area contributed by atoms with Gasteiger partial charge >= 0.3 is 0 Å².